The molecule has 26 heavy (non-hydrogen) atoms. The van der Waals surface area contributed by atoms with Crippen LogP contribution in [0.15, 0.2) is 18.3 Å². The van der Waals surface area contributed by atoms with Crippen LogP contribution in [-0.4, -0.2) is 43.2 Å². The van der Waals surface area contributed by atoms with Gasteiger partial charge in [-0.15, -0.1) is 20.4 Å². The molecule has 0 bridgehead atoms. The molecular weight excluding hydrogens is 354 g/mol. The minimum absolute atomic E-state index is 0.270. The van der Waals surface area contributed by atoms with Gasteiger partial charge in [0.2, 0.25) is 11.0 Å². The molecule has 9 nitrogen and oxygen atoms in total. The maximum atomic E-state index is 12.6. The van der Waals surface area contributed by atoms with Gasteiger partial charge in [0, 0.05) is 12.5 Å². The van der Waals surface area contributed by atoms with Gasteiger partial charge in [-0.1, -0.05) is 25.2 Å². The number of hydrogen-bond donors (Lipinski definition) is 1. The number of aromatic nitrogens is 6. The first kappa shape index (κ1) is 17.9. The zero-order valence-electron chi connectivity index (χ0n) is 14.8. The molecule has 3 aromatic rings. The molecule has 0 aliphatic rings. The van der Waals surface area contributed by atoms with E-state index in [2.05, 4.69) is 37.7 Å². The Hall–Kier alpha value is -2.88. The van der Waals surface area contributed by atoms with Gasteiger partial charge in [0.1, 0.15) is 5.01 Å². The number of carbonyl (C=O) groups is 1. The van der Waals surface area contributed by atoms with Gasteiger partial charge >= 0.3 is 0 Å². The number of ether oxygens (including phenoxy) is 1. The van der Waals surface area contributed by atoms with Crippen molar-refractivity contribution in [1.29, 1.82) is 0 Å². The molecule has 0 aromatic carbocycles. The van der Waals surface area contributed by atoms with Gasteiger partial charge in [0.25, 0.3) is 5.91 Å². The molecule has 0 aliphatic heterocycles. The molecule has 3 heterocycles. The van der Waals surface area contributed by atoms with Gasteiger partial charge < -0.3 is 4.74 Å². The lowest BCUT2D eigenvalue weighted by Crippen LogP contribution is -2.14. The van der Waals surface area contributed by atoms with E-state index in [4.69, 9.17) is 4.74 Å². The second-order valence-electron chi connectivity index (χ2n) is 5.41. The van der Waals surface area contributed by atoms with Gasteiger partial charge in [-0.05, 0) is 18.9 Å². The van der Waals surface area contributed by atoms with E-state index in [-0.39, 0.29) is 5.91 Å². The van der Waals surface area contributed by atoms with E-state index in [1.807, 2.05) is 6.92 Å². The molecule has 136 valence electrons. The summed E-state index contributed by atoms with van der Waals surface area (Å²) in [5.41, 5.74) is 1.21. The number of nitrogens with one attached hydrogen (secondary N) is 1. The van der Waals surface area contributed by atoms with Crippen LogP contribution in [0.5, 0.6) is 5.88 Å². The van der Waals surface area contributed by atoms with E-state index in [1.54, 1.807) is 16.8 Å². The predicted molar refractivity (Wildman–Crippen MR) is 96.9 cm³/mol. The second-order valence-corrected chi connectivity index (χ2v) is 6.47. The minimum atomic E-state index is -0.270. The number of nitrogens with zero attached hydrogens (tertiary/aromatic N) is 6. The SMILES string of the molecule is CCCc1nnc(NC(=O)c2cnn(-c3ccc(OC)nn3)c2CC)s1. The average Bonchev–Trinajstić information content (AvgIpc) is 3.28. The van der Waals surface area contributed by atoms with E-state index >= 15 is 0 Å². The van der Waals surface area contributed by atoms with Crippen LogP contribution in [0.2, 0.25) is 0 Å². The number of methoxy groups -OCH3 is 1. The molecule has 0 unspecified atom stereocenters. The largest absolute Gasteiger partial charge is 0.480 e. The number of anilines is 1. The molecule has 0 aliphatic carbocycles. The van der Waals surface area contributed by atoms with Crippen molar-refractivity contribution in [3.05, 3.63) is 34.6 Å². The van der Waals surface area contributed by atoms with Crippen LogP contribution >= 0.6 is 11.3 Å². The number of hydrogen-bond acceptors (Lipinski definition) is 8. The number of rotatable bonds is 7. The molecule has 0 spiro atoms. The highest BCUT2D eigenvalue weighted by Crippen LogP contribution is 2.20. The lowest BCUT2D eigenvalue weighted by molar-refractivity contribution is 0.102. The minimum Gasteiger partial charge on any atom is -0.480 e. The third-order valence-electron chi connectivity index (χ3n) is 3.65. The van der Waals surface area contributed by atoms with Crippen molar-refractivity contribution in [3.63, 3.8) is 0 Å². The van der Waals surface area contributed by atoms with Crippen molar-refractivity contribution in [3.8, 4) is 11.7 Å². The zero-order valence-corrected chi connectivity index (χ0v) is 15.6. The van der Waals surface area contributed by atoms with Crippen LogP contribution in [0, 0.1) is 0 Å². The Morgan fingerprint density at radius 1 is 1.23 bits per heavy atom. The topological polar surface area (TPSA) is 108 Å². The van der Waals surface area contributed by atoms with E-state index < -0.39 is 0 Å². The van der Waals surface area contributed by atoms with Crippen molar-refractivity contribution in [1.82, 2.24) is 30.2 Å². The van der Waals surface area contributed by atoms with Crippen molar-refractivity contribution in [2.24, 2.45) is 0 Å². The maximum Gasteiger partial charge on any atom is 0.260 e. The third-order valence-corrected chi connectivity index (χ3v) is 4.55. The lowest BCUT2D eigenvalue weighted by atomic mass is 10.2. The van der Waals surface area contributed by atoms with Gasteiger partial charge in [-0.2, -0.15) is 5.10 Å². The van der Waals surface area contributed by atoms with Crippen molar-refractivity contribution in [2.45, 2.75) is 33.1 Å². The standard InChI is InChI=1S/C16H19N7O2S/c1-4-6-14-21-22-16(26-14)18-15(24)10-9-17-23(11(10)5-2)12-7-8-13(25-3)20-19-12/h7-9H,4-6H2,1-3H3,(H,18,22,24). The molecule has 3 aromatic heterocycles. The summed E-state index contributed by atoms with van der Waals surface area (Å²) in [5, 5.41) is 24.6. The van der Waals surface area contributed by atoms with Crippen LogP contribution in [0.4, 0.5) is 5.13 Å². The highest BCUT2D eigenvalue weighted by Gasteiger charge is 2.19. The number of amides is 1. The molecule has 1 amide bonds. The van der Waals surface area contributed by atoms with Crippen LogP contribution in [0.3, 0.4) is 0 Å². The highest BCUT2D eigenvalue weighted by atomic mass is 32.1. The molecule has 10 heteroatoms. The summed E-state index contributed by atoms with van der Waals surface area (Å²) < 4.78 is 6.61. The fraction of sp³-hybridized carbons (Fsp3) is 0.375. The Morgan fingerprint density at radius 2 is 2.08 bits per heavy atom. The fourth-order valence-corrected chi connectivity index (χ4v) is 3.26. The Kier molecular flexibility index (Phi) is 5.52. The van der Waals surface area contributed by atoms with Gasteiger partial charge in [-0.25, -0.2) is 4.68 Å². The summed E-state index contributed by atoms with van der Waals surface area (Å²) in [7, 11) is 1.52. The van der Waals surface area contributed by atoms with Gasteiger partial charge in [-0.3, -0.25) is 10.1 Å². The molecule has 0 saturated heterocycles. The molecular formula is C16H19N7O2S. The lowest BCUT2D eigenvalue weighted by Gasteiger charge is -2.06. The predicted octanol–water partition coefficient (Wildman–Crippen LogP) is 2.29. The first-order chi connectivity index (χ1) is 12.7. The van der Waals surface area contributed by atoms with Crippen molar-refractivity contribution >= 4 is 22.4 Å². The van der Waals surface area contributed by atoms with Gasteiger partial charge in [0.15, 0.2) is 5.82 Å². The molecule has 0 fully saturated rings. The molecule has 0 saturated carbocycles. The van der Waals surface area contributed by atoms with E-state index in [9.17, 15) is 4.79 Å². The summed E-state index contributed by atoms with van der Waals surface area (Å²) in [4.78, 5) is 12.6. The average molecular weight is 373 g/mol. The summed E-state index contributed by atoms with van der Waals surface area (Å²) in [5.74, 6) is 0.660. The van der Waals surface area contributed by atoms with Crippen molar-refractivity contribution in [2.75, 3.05) is 12.4 Å². The van der Waals surface area contributed by atoms with E-state index in [0.29, 0.717) is 28.8 Å². The van der Waals surface area contributed by atoms with Crippen LogP contribution in [0.1, 0.15) is 41.3 Å². The summed E-state index contributed by atoms with van der Waals surface area (Å²) in [6.07, 6.45) is 3.96. The summed E-state index contributed by atoms with van der Waals surface area (Å²) in [6, 6.07) is 3.43. The summed E-state index contributed by atoms with van der Waals surface area (Å²) in [6.45, 7) is 4.02. The maximum absolute atomic E-state index is 12.6. The van der Waals surface area contributed by atoms with E-state index in [0.717, 1.165) is 23.5 Å². The zero-order chi connectivity index (χ0) is 18.5. The first-order valence-corrected chi connectivity index (χ1v) is 9.06. The fourth-order valence-electron chi connectivity index (χ4n) is 2.42. The van der Waals surface area contributed by atoms with Gasteiger partial charge in [0.05, 0.1) is 24.6 Å². The van der Waals surface area contributed by atoms with Crippen LogP contribution in [-0.2, 0) is 12.8 Å². The monoisotopic (exact) mass is 373 g/mol. The smallest absolute Gasteiger partial charge is 0.260 e. The number of carbonyl (C=O) groups excluding carboxylic acids is 1. The quantitative estimate of drug-likeness (QED) is 0.677. The molecule has 0 atom stereocenters. The highest BCUT2D eigenvalue weighted by molar-refractivity contribution is 7.15. The third kappa shape index (κ3) is 3.69. The Bertz CT molecular complexity index is 888. The first-order valence-electron chi connectivity index (χ1n) is 8.25. The van der Waals surface area contributed by atoms with Crippen LogP contribution < -0.4 is 10.1 Å². The Morgan fingerprint density at radius 3 is 2.73 bits per heavy atom. The Labute approximate surface area is 154 Å². The second kappa shape index (κ2) is 8.00. The van der Waals surface area contributed by atoms with E-state index in [1.165, 1.54) is 24.6 Å². The molecule has 3 rings (SSSR count). The van der Waals surface area contributed by atoms with Crippen molar-refractivity contribution < 1.29 is 9.53 Å². The number of aryl methyl sites for hydroxylation is 1. The molecule has 1 N–H and O–H groups in total. The Balaban J connectivity index is 1.83. The molecule has 0 radical (unpaired) electrons. The van der Waals surface area contributed by atoms with Crippen LogP contribution in [0.25, 0.3) is 5.82 Å². The normalized spacial score (nSPS) is 10.7. The summed E-state index contributed by atoms with van der Waals surface area (Å²) >= 11 is 1.38.